The van der Waals surface area contributed by atoms with E-state index >= 15 is 0 Å². The molecule has 0 saturated carbocycles. The monoisotopic (exact) mass is 313 g/mol. The summed E-state index contributed by atoms with van der Waals surface area (Å²) in [4.78, 5) is 0. The second-order valence-electron chi connectivity index (χ2n) is 3.33. The summed E-state index contributed by atoms with van der Waals surface area (Å²) >= 11 is 3.30. The molecular formula is C9H10BrF2NO2S. The Morgan fingerprint density at radius 1 is 1.25 bits per heavy atom. The number of benzene rings is 1. The molecule has 0 aromatic heterocycles. The third-order valence-electron chi connectivity index (χ3n) is 1.93. The molecule has 3 nitrogen and oxygen atoms in total. The van der Waals surface area contributed by atoms with Gasteiger partial charge in [0, 0.05) is 10.2 Å². The Bertz CT molecular complexity index is 479. The molecular weight excluding hydrogens is 304 g/mol. The minimum atomic E-state index is -4.60. The molecule has 0 heterocycles. The van der Waals surface area contributed by atoms with Crippen LogP contribution in [0.1, 0.15) is 11.1 Å². The number of hydrogen-bond acceptors (Lipinski definition) is 2. The first-order chi connectivity index (χ1) is 7.24. The predicted octanol–water partition coefficient (Wildman–Crippen LogP) is 3.03. The van der Waals surface area contributed by atoms with E-state index in [1.165, 1.54) is 12.1 Å². The van der Waals surface area contributed by atoms with Gasteiger partial charge in [-0.25, -0.2) is 8.42 Å². The molecule has 1 N–H and O–H groups in total. The van der Waals surface area contributed by atoms with Gasteiger partial charge in [-0.15, -0.1) is 0 Å². The van der Waals surface area contributed by atoms with E-state index in [4.69, 9.17) is 0 Å². The fourth-order valence-corrected chi connectivity index (χ4v) is 1.98. The number of rotatable bonds is 3. The largest absolute Gasteiger partial charge is 0.355 e. The predicted molar refractivity (Wildman–Crippen MR) is 62.2 cm³/mol. The van der Waals surface area contributed by atoms with Crippen molar-refractivity contribution in [2.75, 3.05) is 4.72 Å². The van der Waals surface area contributed by atoms with Crippen LogP contribution in [0.3, 0.4) is 0 Å². The van der Waals surface area contributed by atoms with E-state index in [-0.39, 0.29) is 5.69 Å². The molecule has 0 fully saturated rings. The van der Waals surface area contributed by atoms with Gasteiger partial charge in [0.25, 0.3) is 10.0 Å². The van der Waals surface area contributed by atoms with Crippen molar-refractivity contribution in [1.29, 1.82) is 0 Å². The third kappa shape index (κ3) is 2.91. The Morgan fingerprint density at radius 2 is 1.69 bits per heavy atom. The van der Waals surface area contributed by atoms with Gasteiger partial charge in [0.1, 0.15) is 0 Å². The maximum atomic E-state index is 12.1. The molecule has 0 aliphatic carbocycles. The van der Waals surface area contributed by atoms with Gasteiger partial charge in [0.15, 0.2) is 0 Å². The number of anilines is 1. The zero-order chi connectivity index (χ0) is 12.5. The quantitative estimate of drug-likeness (QED) is 0.932. The van der Waals surface area contributed by atoms with Crippen LogP contribution in [0.15, 0.2) is 16.6 Å². The molecule has 1 aromatic carbocycles. The van der Waals surface area contributed by atoms with Gasteiger partial charge in [-0.05, 0) is 37.1 Å². The highest BCUT2D eigenvalue weighted by Crippen LogP contribution is 2.26. The Balaban J connectivity index is 3.09. The van der Waals surface area contributed by atoms with Crippen LogP contribution >= 0.6 is 15.9 Å². The topological polar surface area (TPSA) is 46.2 Å². The Morgan fingerprint density at radius 3 is 2.06 bits per heavy atom. The van der Waals surface area contributed by atoms with Crippen LogP contribution in [0.2, 0.25) is 0 Å². The molecule has 0 unspecified atom stereocenters. The van der Waals surface area contributed by atoms with Crippen LogP contribution in [-0.4, -0.2) is 14.2 Å². The van der Waals surface area contributed by atoms with Gasteiger partial charge in [-0.3, -0.25) is 4.72 Å². The lowest BCUT2D eigenvalue weighted by atomic mass is 10.1. The van der Waals surface area contributed by atoms with Crippen molar-refractivity contribution in [3.05, 3.63) is 27.7 Å². The van der Waals surface area contributed by atoms with Crippen molar-refractivity contribution < 1.29 is 17.2 Å². The molecule has 90 valence electrons. The first kappa shape index (κ1) is 13.4. The number of aryl methyl sites for hydroxylation is 2. The van der Waals surface area contributed by atoms with Crippen LogP contribution < -0.4 is 4.72 Å². The fourth-order valence-electron chi connectivity index (χ4n) is 1.21. The summed E-state index contributed by atoms with van der Waals surface area (Å²) in [5, 5.41) is 0. The number of alkyl halides is 2. The fraction of sp³-hybridized carbons (Fsp3) is 0.333. The van der Waals surface area contributed by atoms with Gasteiger partial charge in [0.05, 0.1) is 0 Å². The van der Waals surface area contributed by atoms with E-state index in [0.29, 0.717) is 0 Å². The maximum absolute atomic E-state index is 12.1. The van der Waals surface area contributed by atoms with E-state index in [2.05, 4.69) is 15.9 Å². The zero-order valence-corrected chi connectivity index (χ0v) is 11.0. The van der Waals surface area contributed by atoms with Crippen LogP contribution in [0.4, 0.5) is 14.5 Å². The molecule has 0 aliphatic heterocycles. The van der Waals surface area contributed by atoms with Crippen molar-refractivity contribution >= 4 is 31.6 Å². The summed E-state index contributed by atoms with van der Waals surface area (Å²) in [6.07, 6.45) is 0. The van der Waals surface area contributed by atoms with E-state index in [0.717, 1.165) is 15.6 Å². The van der Waals surface area contributed by atoms with Crippen molar-refractivity contribution in [1.82, 2.24) is 0 Å². The van der Waals surface area contributed by atoms with Gasteiger partial charge in [-0.1, -0.05) is 15.9 Å². The second-order valence-corrected chi connectivity index (χ2v) is 5.78. The Kier molecular flexibility index (Phi) is 3.90. The maximum Gasteiger partial charge on any atom is 0.355 e. The summed E-state index contributed by atoms with van der Waals surface area (Å²) in [6.45, 7) is 3.49. The summed E-state index contributed by atoms with van der Waals surface area (Å²) < 4.78 is 48.8. The Hall–Kier alpha value is -0.690. The van der Waals surface area contributed by atoms with Crippen molar-refractivity contribution in [3.63, 3.8) is 0 Å². The van der Waals surface area contributed by atoms with Crippen molar-refractivity contribution in [2.24, 2.45) is 0 Å². The lowest BCUT2D eigenvalue weighted by Crippen LogP contribution is -2.20. The van der Waals surface area contributed by atoms with Crippen LogP contribution in [0.25, 0.3) is 0 Å². The SMILES string of the molecule is Cc1cc(NS(=O)(=O)C(F)F)cc(C)c1Br. The first-order valence-corrected chi connectivity index (χ1v) is 6.64. The second kappa shape index (κ2) is 4.67. The molecule has 1 aromatic rings. The van der Waals surface area contributed by atoms with Crippen LogP contribution in [-0.2, 0) is 10.0 Å². The van der Waals surface area contributed by atoms with E-state index < -0.39 is 15.8 Å². The molecule has 0 radical (unpaired) electrons. The first-order valence-electron chi connectivity index (χ1n) is 4.30. The summed E-state index contributed by atoms with van der Waals surface area (Å²) in [5.74, 6) is -3.43. The van der Waals surface area contributed by atoms with E-state index in [9.17, 15) is 17.2 Å². The molecule has 0 aliphatic rings. The smallest absolute Gasteiger partial charge is 0.279 e. The van der Waals surface area contributed by atoms with Gasteiger partial charge in [0.2, 0.25) is 0 Å². The highest BCUT2D eigenvalue weighted by molar-refractivity contribution is 9.10. The average Bonchev–Trinajstić information content (AvgIpc) is 2.13. The minimum Gasteiger partial charge on any atom is -0.279 e. The standard InChI is InChI=1S/C9H10BrF2NO2S/c1-5-3-7(4-6(2)8(5)10)13-16(14,15)9(11)12/h3-4,9,13H,1-2H3. The van der Waals surface area contributed by atoms with Gasteiger partial charge in [-0.2, -0.15) is 8.78 Å². The highest BCUT2D eigenvalue weighted by Gasteiger charge is 2.23. The molecule has 0 bridgehead atoms. The third-order valence-corrected chi connectivity index (χ3v) is 4.17. The minimum absolute atomic E-state index is 0.138. The number of sulfonamides is 1. The van der Waals surface area contributed by atoms with Crippen molar-refractivity contribution in [2.45, 2.75) is 19.6 Å². The number of hydrogen-bond donors (Lipinski definition) is 1. The molecule has 0 saturated heterocycles. The van der Waals surface area contributed by atoms with Crippen LogP contribution in [0.5, 0.6) is 0 Å². The lowest BCUT2D eigenvalue weighted by Gasteiger charge is -2.10. The van der Waals surface area contributed by atoms with E-state index in [1.54, 1.807) is 13.8 Å². The van der Waals surface area contributed by atoms with Gasteiger partial charge < -0.3 is 0 Å². The molecule has 0 atom stereocenters. The van der Waals surface area contributed by atoms with Crippen LogP contribution in [0, 0.1) is 13.8 Å². The number of halogens is 3. The summed E-state index contributed by atoms with van der Waals surface area (Å²) in [6, 6.07) is 2.97. The summed E-state index contributed by atoms with van der Waals surface area (Å²) in [5.41, 5.74) is 1.68. The zero-order valence-electron chi connectivity index (χ0n) is 8.59. The normalized spacial score (nSPS) is 11.9. The van der Waals surface area contributed by atoms with Gasteiger partial charge >= 0.3 is 5.76 Å². The molecule has 1 rings (SSSR count). The van der Waals surface area contributed by atoms with E-state index in [1.807, 2.05) is 4.72 Å². The lowest BCUT2D eigenvalue weighted by molar-refractivity contribution is 0.236. The summed E-state index contributed by atoms with van der Waals surface area (Å²) in [7, 11) is -4.60. The molecule has 0 amide bonds. The highest BCUT2D eigenvalue weighted by atomic mass is 79.9. The molecule has 7 heteroatoms. The molecule has 16 heavy (non-hydrogen) atoms. The number of nitrogens with one attached hydrogen (secondary N) is 1. The van der Waals surface area contributed by atoms with Crippen molar-refractivity contribution in [3.8, 4) is 0 Å². The Labute approximate surface area is 101 Å². The average molecular weight is 314 g/mol. The molecule has 0 spiro atoms.